The fourth-order valence-electron chi connectivity index (χ4n) is 1.76. The molecule has 5 heteroatoms. The molecule has 0 bridgehead atoms. The zero-order valence-electron chi connectivity index (χ0n) is 10.9. The quantitative estimate of drug-likeness (QED) is 0.920. The normalized spacial score (nSPS) is 10.5. The minimum atomic E-state index is 0.652. The van der Waals surface area contributed by atoms with Crippen LogP contribution in [-0.4, -0.2) is 23.1 Å². The summed E-state index contributed by atoms with van der Waals surface area (Å²) in [5, 5.41) is 0. The first-order valence-electron chi connectivity index (χ1n) is 6.22. The van der Waals surface area contributed by atoms with Crippen molar-refractivity contribution in [3.63, 3.8) is 0 Å². The molecule has 0 amide bonds. The summed E-state index contributed by atoms with van der Waals surface area (Å²) < 4.78 is 0.874. The van der Waals surface area contributed by atoms with Crippen LogP contribution in [0.3, 0.4) is 0 Å². The summed E-state index contributed by atoms with van der Waals surface area (Å²) in [6, 6.07) is 8.34. The Hall–Kier alpha value is -1.46. The molecule has 0 spiro atoms. The maximum absolute atomic E-state index is 5.61. The second kappa shape index (κ2) is 6.63. The van der Waals surface area contributed by atoms with Crippen molar-refractivity contribution in [2.24, 2.45) is 5.73 Å². The molecule has 0 aliphatic heterocycles. The lowest BCUT2D eigenvalue weighted by molar-refractivity contribution is 0.798. The molecule has 0 atom stereocenters. The summed E-state index contributed by atoms with van der Waals surface area (Å²) in [5.41, 5.74) is 7.93. The lowest BCUT2D eigenvalue weighted by Gasteiger charge is -2.22. The van der Waals surface area contributed by atoms with Crippen molar-refractivity contribution in [3.05, 3.63) is 46.7 Å². The summed E-state index contributed by atoms with van der Waals surface area (Å²) in [5.74, 6) is 0.695. The van der Waals surface area contributed by atoms with Gasteiger partial charge in [0.15, 0.2) is 0 Å². The first kappa shape index (κ1) is 14.0. The monoisotopic (exact) mass is 320 g/mol. The van der Waals surface area contributed by atoms with E-state index in [2.05, 4.69) is 62.0 Å². The van der Waals surface area contributed by atoms with Crippen LogP contribution < -0.4 is 10.6 Å². The Morgan fingerprint density at radius 2 is 1.79 bits per heavy atom. The van der Waals surface area contributed by atoms with Gasteiger partial charge in [-0.2, -0.15) is 0 Å². The molecule has 2 rings (SSSR count). The lowest BCUT2D eigenvalue weighted by atomic mass is 10.2. The maximum Gasteiger partial charge on any atom is 0.229 e. The van der Waals surface area contributed by atoms with E-state index in [1.807, 2.05) is 0 Å². The molecule has 1 aromatic heterocycles. The number of anilines is 2. The highest BCUT2D eigenvalue weighted by molar-refractivity contribution is 9.10. The van der Waals surface area contributed by atoms with E-state index < -0.39 is 0 Å². The van der Waals surface area contributed by atoms with Gasteiger partial charge < -0.3 is 10.6 Å². The number of halogens is 1. The second-order valence-electron chi connectivity index (χ2n) is 4.33. The van der Waals surface area contributed by atoms with Gasteiger partial charge in [-0.25, -0.2) is 9.97 Å². The predicted molar refractivity (Wildman–Crippen MR) is 81.6 cm³/mol. The minimum Gasteiger partial charge on any atom is -0.330 e. The Balaban J connectivity index is 2.29. The number of nitrogens with zero attached hydrogens (tertiary/aromatic N) is 3. The zero-order valence-corrected chi connectivity index (χ0v) is 12.5. The summed E-state index contributed by atoms with van der Waals surface area (Å²) >= 11 is 3.35. The number of rotatable bonds is 5. The fraction of sp³-hybridized carbons (Fsp3) is 0.286. The first-order valence-corrected chi connectivity index (χ1v) is 7.02. The molecular formula is C14H17BrN4. The van der Waals surface area contributed by atoms with Gasteiger partial charge in [0.2, 0.25) is 5.95 Å². The van der Waals surface area contributed by atoms with E-state index in [-0.39, 0.29) is 0 Å². The number of aryl methyl sites for hydroxylation is 1. The van der Waals surface area contributed by atoms with E-state index in [1.54, 1.807) is 12.4 Å². The molecular weight excluding hydrogens is 304 g/mol. The van der Waals surface area contributed by atoms with Gasteiger partial charge in [-0.3, -0.25) is 0 Å². The third kappa shape index (κ3) is 3.75. The van der Waals surface area contributed by atoms with Gasteiger partial charge in [-0.05, 0) is 48.0 Å². The molecule has 0 fully saturated rings. The van der Waals surface area contributed by atoms with Crippen LogP contribution in [0.1, 0.15) is 12.0 Å². The molecule has 1 aromatic carbocycles. The van der Waals surface area contributed by atoms with E-state index in [4.69, 9.17) is 5.73 Å². The molecule has 2 N–H and O–H groups in total. The third-order valence-electron chi connectivity index (χ3n) is 2.78. The molecule has 4 nitrogen and oxygen atoms in total. The van der Waals surface area contributed by atoms with E-state index in [1.165, 1.54) is 5.56 Å². The van der Waals surface area contributed by atoms with Crippen molar-refractivity contribution in [2.75, 3.05) is 18.0 Å². The lowest BCUT2D eigenvalue weighted by Crippen LogP contribution is -2.22. The van der Waals surface area contributed by atoms with Crippen molar-refractivity contribution in [3.8, 4) is 0 Å². The van der Waals surface area contributed by atoms with Gasteiger partial charge in [0.05, 0.1) is 4.47 Å². The Morgan fingerprint density at radius 3 is 2.37 bits per heavy atom. The van der Waals surface area contributed by atoms with Crippen LogP contribution in [0, 0.1) is 6.92 Å². The highest BCUT2D eigenvalue weighted by Crippen LogP contribution is 2.23. The van der Waals surface area contributed by atoms with Gasteiger partial charge in [0.1, 0.15) is 0 Å². The van der Waals surface area contributed by atoms with Crippen LogP contribution in [0.15, 0.2) is 41.1 Å². The van der Waals surface area contributed by atoms with Gasteiger partial charge in [-0.1, -0.05) is 17.7 Å². The van der Waals surface area contributed by atoms with Gasteiger partial charge in [0, 0.05) is 24.6 Å². The van der Waals surface area contributed by atoms with Crippen LogP contribution >= 0.6 is 15.9 Å². The van der Waals surface area contributed by atoms with Gasteiger partial charge >= 0.3 is 0 Å². The predicted octanol–water partition coefficient (Wildman–Crippen LogP) is 3.03. The fourth-order valence-corrected chi connectivity index (χ4v) is 1.97. The SMILES string of the molecule is Cc1ccc(N(CCCN)c2ncc(Br)cn2)cc1. The Labute approximate surface area is 121 Å². The third-order valence-corrected chi connectivity index (χ3v) is 3.19. The average molecular weight is 321 g/mol. The molecule has 0 saturated heterocycles. The van der Waals surface area contributed by atoms with Gasteiger partial charge in [-0.15, -0.1) is 0 Å². The van der Waals surface area contributed by atoms with Crippen molar-refractivity contribution in [1.82, 2.24) is 9.97 Å². The molecule has 0 unspecified atom stereocenters. The Bertz CT molecular complexity index is 464. The molecule has 0 saturated carbocycles. The van der Waals surface area contributed by atoms with Crippen molar-refractivity contribution >= 4 is 27.6 Å². The molecule has 0 aliphatic rings. The topological polar surface area (TPSA) is 55.0 Å². The zero-order chi connectivity index (χ0) is 13.7. The smallest absolute Gasteiger partial charge is 0.229 e. The Kier molecular flexibility index (Phi) is 4.87. The van der Waals surface area contributed by atoms with E-state index in [0.29, 0.717) is 12.5 Å². The first-order chi connectivity index (χ1) is 9.20. The van der Waals surface area contributed by atoms with E-state index in [9.17, 15) is 0 Å². The highest BCUT2D eigenvalue weighted by Gasteiger charge is 2.11. The molecule has 19 heavy (non-hydrogen) atoms. The number of benzene rings is 1. The molecule has 0 radical (unpaired) electrons. The second-order valence-corrected chi connectivity index (χ2v) is 5.25. The molecule has 2 aromatic rings. The van der Waals surface area contributed by atoms with E-state index >= 15 is 0 Å². The summed E-state index contributed by atoms with van der Waals surface area (Å²) in [6.07, 6.45) is 4.41. The van der Waals surface area contributed by atoms with Crippen LogP contribution in [0.25, 0.3) is 0 Å². The minimum absolute atomic E-state index is 0.652. The number of hydrogen-bond donors (Lipinski definition) is 1. The van der Waals surface area contributed by atoms with Crippen LogP contribution in [-0.2, 0) is 0 Å². The van der Waals surface area contributed by atoms with Crippen LogP contribution in [0.5, 0.6) is 0 Å². The molecule has 1 heterocycles. The van der Waals surface area contributed by atoms with E-state index in [0.717, 1.165) is 23.1 Å². The molecule has 100 valence electrons. The largest absolute Gasteiger partial charge is 0.330 e. The van der Waals surface area contributed by atoms with Crippen LogP contribution in [0.4, 0.5) is 11.6 Å². The number of aromatic nitrogens is 2. The summed E-state index contributed by atoms with van der Waals surface area (Å²) in [6.45, 7) is 3.53. The Morgan fingerprint density at radius 1 is 1.16 bits per heavy atom. The van der Waals surface area contributed by atoms with Crippen molar-refractivity contribution in [1.29, 1.82) is 0 Å². The molecule has 0 aliphatic carbocycles. The number of nitrogens with two attached hydrogens (primary N) is 1. The standard InChI is InChI=1S/C14H17BrN4/c1-11-3-5-13(6-4-11)19(8-2-7-16)14-17-9-12(15)10-18-14/h3-6,9-10H,2,7-8,16H2,1H3. The van der Waals surface area contributed by atoms with Gasteiger partial charge in [0.25, 0.3) is 0 Å². The highest BCUT2D eigenvalue weighted by atomic mass is 79.9. The van der Waals surface area contributed by atoms with Crippen LogP contribution in [0.2, 0.25) is 0 Å². The summed E-state index contributed by atoms with van der Waals surface area (Å²) in [4.78, 5) is 10.8. The average Bonchev–Trinajstić information content (AvgIpc) is 2.43. The summed E-state index contributed by atoms with van der Waals surface area (Å²) in [7, 11) is 0. The van der Waals surface area contributed by atoms with Crippen molar-refractivity contribution in [2.45, 2.75) is 13.3 Å². The number of hydrogen-bond acceptors (Lipinski definition) is 4. The maximum atomic E-state index is 5.61. The van der Waals surface area contributed by atoms with Crippen molar-refractivity contribution < 1.29 is 0 Å².